The minimum atomic E-state index is -0.872. The van der Waals surface area contributed by atoms with Gasteiger partial charge in [0, 0.05) is 25.2 Å². The van der Waals surface area contributed by atoms with E-state index in [1.54, 1.807) is 17.7 Å². The van der Waals surface area contributed by atoms with Crippen molar-refractivity contribution in [2.24, 2.45) is 0 Å². The van der Waals surface area contributed by atoms with Crippen LogP contribution in [0, 0.1) is 0 Å². The Labute approximate surface area is 105 Å². The number of aromatic carboxylic acids is 1. The molecule has 0 saturated carbocycles. The van der Waals surface area contributed by atoms with Crippen molar-refractivity contribution in [2.75, 3.05) is 6.54 Å². The molecule has 0 unspecified atom stereocenters. The van der Waals surface area contributed by atoms with Crippen molar-refractivity contribution in [3.63, 3.8) is 0 Å². The highest BCUT2D eigenvalue weighted by Gasteiger charge is 2.20. The minimum Gasteiger partial charge on any atom is -0.478 e. The molecule has 1 aliphatic rings. The van der Waals surface area contributed by atoms with Crippen molar-refractivity contribution in [2.45, 2.75) is 20.0 Å². The second-order valence-electron chi connectivity index (χ2n) is 4.39. The van der Waals surface area contributed by atoms with E-state index < -0.39 is 5.97 Å². The number of halogens is 1. The van der Waals surface area contributed by atoms with Crippen LogP contribution in [0.15, 0.2) is 29.3 Å². The molecule has 90 valence electrons. The van der Waals surface area contributed by atoms with E-state index in [4.69, 9.17) is 16.7 Å². The first-order valence-electron chi connectivity index (χ1n) is 5.43. The first-order chi connectivity index (χ1) is 8.10. The normalized spacial score (nSPS) is 16.0. The van der Waals surface area contributed by atoms with Gasteiger partial charge in [0.15, 0.2) is 0 Å². The second-order valence-corrected chi connectivity index (χ2v) is 4.61. The maximum atomic E-state index is 10.9. The SMILES string of the molecule is C/C(=C/Cl)CN1Cc2ccc(C(=O)O)cc2C1. The molecule has 1 heterocycles. The molecule has 4 heteroatoms. The van der Waals surface area contributed by atoms with E-state index in [-0.39, 0.29) is 0 Å². The molecule has 2 rings (SSSR count). The third-order valence-electron chi connectivity index (χ3n) is 2.90. The van der Waals surface area contributed by atoms with E-state index in [2.05, 4.69) is 4.90 Å². The summed E-state index contributed by atoms with van der Waals surface area (Å²) in [6.45, 7) is 4.45. The summed E-state index contributed by atoms with van der Waals surface area (Å²) >= 11 is 5.64. The standard InChI is InChI=1S/C13H14ClNO2/c1-9(5-14)6-15-7-11-3-2-10(13(16)17)4-12(11)8-15/h2-5H,6-8H2,1H3,(H,16,17)/b9-5-. The minimum absolute atomic E-state index is 0.357. The van der Waals surface area contributed by atoms with Gasteiger partial charge in [0.2, 0.25) is 0 Å². The van der Waals surface area contributed by atoms with E-state index in [1.165, 1.54) is 5.56 Å². The van der Waals surface area contributed by atoms with Crippen LogP contribution in [0.3, 0.4) is 0 Å². The first kappa shape index (κ1) is 12.1. The number of benzene rings is 1. The van der Waals surface area contributed by atoms with Crippen molar-refractivity contribution < 1.29 is 9.90 Å². The zero-order chi connectivity index (χ0) is 12.4. The van der Waals surface area contributed by atoms with Crippen LogP contribution in [0.4, 0.5) is 0 Å². The topological polar surface area (TPSA) is 40.5 Å². The van der Waals surface area contributed by atoms with Crippen LogP contribution in [-0.2, 0) is 13.1 Å². The molecule has 0 bridgehead atoms. The van der Waals surface area contributed by atoms with E-state index in [1.807, 2.05) is 13.0 Å². The molecule has 0 amide bonds. The lowest BCUT2D eigenvalue weighted by atomic mass is 10.1. The molecule has 1 aromatic rings. The highest BCUT2D eigenvalue weighted by molar-refractivity contribution is 6.25. The van der Waals surface area contributed by atoms with Crippen LogP contribution in [0.25, 0.3) is 0 Å². The van der Waals surface area contributed by atoms with Crippen LogP contribution in [0.2, 0.25) is 0 Å². The zero-order valence-electron chi connectivity index (χ0n) is 9.61. The summed E-state index contributed by atoms with van der Waals surface area (Å²) in [6, 6.07) is 5.32. The fourth-order valence-electron chi connectivity index (χ4n) is 2.10. The summed E-state index contributed by atoms with van der Waals surface area (Å²) in [5, 5.41) is 8.93. The fourth-order valence-corrected chi connectivity index (χ4v) is 2.17. The Bertz CT molecular complexity index is 482. The summed E-state index contributed by atoms with van der Waals surface area (Å²) in [5.74, 6) is -0.872. The summed E-state index contributed by atoms with van der Waals surface area (Å²) in [4.78, 5) is 13.1. The Morgan fingerprint density at radius 1 is 1.47 bits per heavy atom. The predicted molar refractivity (Wildman–Crippen MR) is 67.1 cm³/mol. The lowest BCUT2D eigenvalue weighted by Gasteiger charge is -2.14. The molecule has 17 heavy (non-hydrogen) atoms. The van der Waals surface area contributed by atoms with Crippen LogP contribution in [0.5, 0.6) is 0 Å². The molecule has 0 aliphatic carbocycles. The Balaban J connectivity index is 2.14. The van der Waals surface area contributed by atoms with E-state index in [0.717, 1.165) is 30.8 Å². The lowest BCUT2D eigenvalue weighted by molar-refractivity contribution is 0.0696. The van der Waals surface area contributed by atoms with E-state index >= 15 is 0 Å². The van der Waals surface area contributed by atoms with Crippen molar-refractivity contribution in [1.82, 2.24) is 4.90 Å². The van der Waals surface area contributed by atoms with Crippen LogP contribution >= 0.6 is 11.6 Å². The second kappa shape index (κ2) is 4.90. The van der Waals surface area contributed by atoms with Crippen LogP contribution in [0.1, 0.15) is 28.4 Å². The van der Waals surface area contributed by atoms with E-state index in [9.17, 15) is 4.79 Å². The molecule has 0 spiro atoms. The molecular weight excluding hydrogens is 238 g/mol. The number of carbonyl (C=O) groups is 1. The number of hydrogen-bond acceptors (Lipinski definition) is 2. The largest absolute Gasteiger partial charge is 0.478 e. The van der Waals surface area contributed by atoms with Gasteiger partial charge in [0.05, 0.1) is 5.56 Å². The molecule has 1 aliphatic heterocycles. The predicted octanol–water partition coefficient (Wildman–Crippen LogP) is 2.84. The summed E-state index contributed by atoms with van der Waals surface area (Å²) in [7, 11) is 0. The molecule has 0 saturated heterocycles. The fraction of sp³-hybridized carbons (Fsp3) is 0.308. The molecule has 0 atom stereocenters. The van der Waals surface area contributed by atoms with Gasteiger partial charge in [-0.3, -0.25) is 4.90 Å². The number of rotatable bonds is 3. The van der Waals surface area contributed by atoms with Crippen molar-refractivity contribution in [3.8, 4) is 0 Å². The lowest BCUT2D eigenvalue weighted by Crippen LogP contribution is -2.18. The quantitative estimate of drug-likeness (QED) is 0.898. The number of fused-ring (bicyclic) bond motifs is 1. The van der Waals surface area contributed by atoms with Gasteiger partial charge in [0.25, 0.3) is 0 Å². The Kier molecular flexibility index (Phi) is 3.50. The third kappa shape index (κ3) is 2.68. The number of carboxylic acids is 1. The van der Waals surface area contributed by atoms with E-state index in [0.29, 0.717) is 5.56 Å². The maximum absolute atomic E-state index is 10.9. The number of hydrogen-bond donors (Lipinski definition) is 1. The van der Waals surface area contributed by atoms with Crippen molar-refractivity contribution in [3.05, 3.63) is 46.0 Å². The molecule has 0 aromatic heterocycles. The Morgan fingerprint density at radius 2 is 2.18 bits per heavy atom. The molecule has 0 fully saturated rings. The average molecular weight is 252 g/mol. The number of nitrogens with zero attached hydrogens (tertiary/aromatic N) is 1. The van der Waals surface area contributed by atoms with Crippen LogP contribution < -0.4 is 0 Å². The van der Waals surface area contributed by atoms with Gasteiger partial charge >= 0.3 is 5.97 Å². The summed E-state index contributed by atoms with van der Waals surface area (Å²) in [6.07, 6.45) is 0. The Hall–Kier alpha value is -1.32. The van der Waals surface area contributed by atoms with Gasteiger partial charge in [-0.2, -0.15) is 0 Å². The number of carboxylic acid groups (broad SMARTS) is 1. The van der Waals surface area contributed by atoms with Crippen molar-refractivity contribution >= 4 is 17.6 Å². The maximum Gasteiger partial charge on any atom is 0.335 e. The first-order valence-corrected chi connectivity index (χ1v) is 5.87. The van der Waals surface area contributed by atoms with Gasteiger partial charge in [-0.05, 0) is 35.8 Å². The summed E-state index contributed by atoms with van der Waals surface area (Å²) in [5.41, 5.74) is 5.36. The van der Waals surface area contributed by atoms with Gasteiger partial charge < -0.3 is 5.11 Å². The van der Waals surface area contributed by atoms with Gasteiger partial charge in [-0.1, -0.05) is 17.7 Å². The molecule has 0 radical (unpaired) electrons. The monoisotopic (exact) mass is 251 g/mol. The van der Waals surface area contributed by atoms with Gasteiger partial charge in [-0.15, -0.1) is 0 Å². The molecule has 1 N–H and O–H groups in total. The molecular formula is C13H14ClNO2. The summed E-state index contributed by atoms with van der Waals surface area (Å²) < 4.78 is 0. The van der Waals surface area contributed by atoms with Gasteiger partial charge in [-0.25, -0.2) is 4.79 Å². The van der Waals surface area contributed by atoms with Crippen molar-refractivity contribution in [1.29, 1.82) is 0 Å². The molecule has 3 nitrogen and oxygen atoms in total. The van der Waals surface area contributed by atoms with Gasteiger partial charge in [0.1, 0.15) is 0 Å². The van der Waals surface area contributed by atoms with Crippen LogP contribution in [-0.4, -0.2) is 22.5 Å². The smallest absolute Gasteiger partial charge is 0.335 e. The highest BCUT2D eigenvalue weighted by atomic mass is 35.5. The average Bonchev–Trinajstić information content (AvgIpc) is 2.69. The Morgan fingerprint density at radius 3 is 2.82 bits per heavy atom. The highest BCUT2D eigenvalue weighted by Crippen LogP contribution is 2.24. The molecule has 1 aromatic carbocycles. The third-order valence-corrected chi connectivity index (χ3v) is 3.27. The zero-order valence-corrected chi connectivity index (χ0v) is 10.4.